The Kier molecular flexibility index (Phi) is 4.81. The van der Waals surface area contributed by atoms with E-state index >= 15 is 0 Å². The van der Waals surface area contributed by atoms with Crippen LogP contribution in [0.25, 0.3) is 0 Å². The van der Waals surface area contributed by atoms with Crippen LogP contribution in [0.5, 0.6) is 0 Å². The number of rotatable bonds is 4. The molecule has 0 saturated heterocycles. The van der Waals surface area contributed by atoms with Crippen LogP contribution in [-0.4, -0.2) is 21.5 Å². The quantitative estimate of drug-likeness (QED) is 0.638. The molecule has 0 fully saturated rings. The molecule has 0 saturated carbocycles. The van der Waals surface area contributed by atoms with Gasteiger partial charge in [0, 0.05) is 18.7 Å². The van der Waals surface area contributed by atoms with E-state index in [4.69, 9.17) is 0 Å². The summed E-state index contributed by atoms with van der Waals surface area (Å²) in [6, 6.07) is 6.88. The first-order valence-electron chi connectivity index (χ1n) is 7.45. The summed E-state index contributed by atoms with van der Waals surface area (Å²) in [5, 5.41) is 3.09. The maximum atomic E-state index is 13.7. The number of halogens is 4. The molecule has 1 aliphatic rings. The molecule has 1 heterocycles. The van der Waals surface area contributed by atoms with Gasteiger partial charge < -0.3 is 5.32 Å². The van der Waals surface area contributed by atoms with Gasteiger partial charge in [-0.3, -0.25) is 0 Å². The molecule has 134 valence electrons. The van der Waals surface area contributed by atoms with Gasteiger partial charge in [-0.25, -0.2) is 30.7 Å². The number of nitrogens with one attached hydrogen (secondary N) is 2. The second kappa shape index (κ2) is 6.74. The van der Waals surface area contributed by atoms with Crippen molar-refractivity contribution in [1.82, 2.24) is 10.0 Å². The average Bonchev–Trinajstić information content (AvgIpc) is 2.58. The van der Waals surface area contributed by atoms with Crippen LogP contribution in [0.3, 0.4) is 0 Å². The zero-order valence-electron chi connectivity index (χ0n) is 12.8. The molecule has 1 atom stereocenters. The van der Waals surface area contributed by atoms with E-state index in [0.29, 0.717) is 6.54 Å². The molecule has 0 bridgehead atoms. The normalized spacial score (nSPS) is 17.4. The molecular formula is C16H14F4N2O2S. The van der Waals surface area contributed by atoms with E-state index in [1.807, 2.05) is 22.9 Å². The van der Waals surface area contributed by atoms with Gasteiger partial charge in [-0.15, -0.1) is 0 Å². The summed E-state index contributed by atoms with van der Waals surface area (Å²) < 4.78 is 80.3. The smallest absolute Gasteiger partial charge is 0.246 e. The van der Waals surface area contributed by atoms with E-state index in [0.717, 1.165) is 17.5 Å². The van der Waals surface area contributed by atoms with E-state index in [1.165, 1.54) is 0 Å². The fraction of sp³-hybridized carbons (Fsp3) is 0.250. The van der Waals surface area contributed by atoms with Crippen molar-refractivity contribution in [3.05, 3.63) is 64.7 Å². The van der Waals surface area contributed by atoms with Gasteiger partial charge in [0.15, 0.2) is 28.2 Å². The second-order valence-electron chi connectivity index (χ2n) is 5.60. The molecule has 0 amide bonds. The van der Waals surface area contributed by atoms with E-state index in [1.54, 1.807) is 6.07 Å². The topological polar surface area (TPSA) is 58.2 Å². The van der Waals surface area contributed by atoms with Crippen LogP contribution in [0.1, 0.15) is 17.2 Å². The van der Waals surface area contributed by atoms with Crippen LogP contribution in [0.15, 0.2) is 35.2 Å². The first-order valence-corrected chi connectivity index (χ1v) is 8.93. The number of hydrogen-bond acceptors (Lipinski definition) is 3. The van der Waals surface area contributed by atoms with Crippen molar-refractivity contribution in [3.8, 4) is 0 Å². The predicted octanol–water partition coefficient (Wildman–Crippen LogP) is 2.41. The van der Waals surface area contributed by atoms with Gasteiger partial charge in [0.1, 0.15) is 0 Å². The van der Waals surface area contributed by atoms with Gasteiger partial charge in [0.05, 0.1) is 0 Å². The highest BCUT2D eigenvalue weighted by atomic mass is 32.2. The molecule has 2 aromatic carbocycles. The standard InChI is InChI=1S/C16H14F4N2O2S/c17-11-7-12(18)15(20)16(14(11)19)25(23,24)22-8-13-10-4-2-1-3-9(10)5-6-21-13/h1-4,7,13,21-22H,5-6,8H2. The Morgan fingerprint density at radius 1 is 1.08 bits per heavy atom. The van der Waals surface area contributed by atoms with Gasteiger partial charge in [-0.1, -0.05) is 24.3 Å². The van der Waals surface area contributed by atoms with Crippen molar-refractivity contribution in [2.24, 2.45) is 0 Å². The summed E-state index contributed by atoms with van der Waals surface area (Å²) in [6.45, 7) is 0.372. The lowest BCUT2D eigenvalue weighted by molar-refractivity contribution is 0.416. The van der Waals surface area contributed by atoms with Crippen LogP contribution < -0.4 is 10.0 Å². The van der Waals surface area contributed by atoms with Crippen molar-refractivity contribution >= 4 is 10.0 Å². The maximum absolute atomic E-state index is 13.7. The highest BCUT2D eigenvalue weighted by Crippen LogP contribution is 2.25. The summed E-state index contributed by atoms with van der Waals surface area (Å²) in [5.41, 5.74) is 1.88. The second-order valence-corrected chi connectivity index (χ2v) is 7.31. The summed E-state index contributed by atoms with van der Waals surface area (Å²) in [7, 11) is -4.79. The molecular weight excluding hydrogens is 360 g/mol. The van der Waals surface area contributed by atoms with Gasteiger partial charge in [0.2, 0.25) is 10.0 Å². The Bertz CT molecular complexity index is 892. The van der Waals surface area contributed by atoms with E-state index < -0.39 is 44.2 Å². The van der Waals surface area contributed by atoms with Crippen LogP contribution >= 0.6 is 0 Å². The Morgan fingerprint density at radius 2 is 1.72 bits per heavy atom. The van der Waals surface area contributed by atoms with Gasteiger partial charge >= 0.3 is 0 Å². The third kappa shape index (κ3) is 3.39. The minimum absolute atomic E-state index is 0.0391. The number of sulfonamides is 1. The molecule has 0 aliphatic carbocycles. The molecule has 1 unspecified atom stereocenters. The van der Waals surface area contributed by atoms with E-state index in [9.17, 15) is 26.0 Å². The van der Waals surface area contributed by atoms with Gasteiger partial charge in [0.25, 0.3) is 0 Å². The Labute approximate surface area is 141 Å². The molecule has 3 rings (SSSR count). The van der Waals surface area contributed by atoms with Gasteiger partial charge in [-0.2, -0.15) is 0 Å². The molecule has 0 radical (unpaired) electrons. The molecule has 25 heavy (non-hydrogen) atoms. The van der Waals surface area contributed by atoms with Crippen molar-refractivity contribution in [2.45, 2.75) is 17.4 Å². The van der Waals surface area contributed by atoms with Crippen molar-refractivity contribution in [3.63, 3.8) is 0 Å². The third-order valence-corrected chi connectivity index (χ3v) is 5.48. The summed E-state index contributed by atoms with van der Waals surface area (Å²) in [4.78, 5) is -1.66. The van der Waals surface area contributed by atoms with E-state index in [-0.39, 0.29) is 12.6 Å². The molecule has 0 spiro atoms. The van der Waals surface area contributed by atoms with Crippen LogP contribution in [0.4, 0.5) is 17.6 Å². The maximum Gasteiger partial charge on any atom is 0.246 e. The zero-order chi connectivity index (χ0) is 18.2. The molecule has 1 aliphatic heterocycles. The van der Waals surface area contributed by atoms with Crippen molar-refractivity contribution in [2.75, 3.05) is 13.1 Å². The van der Waals surface area contributed by atoms with Crippen molar-refractivity contribution in [1.29, 1.82) is 0 Å². The number of fused-ring (bicyclic) bond motifs is 1. The fourth-order valence-corrected chi connectivity index (χ4v) is 4.02. The van der Waals surface area contributed by atoms with Crippen LogP contribution in [0.2, 0.25) is 0 Å². The van der Waals surface area contributed by atoms with E-state index in [2.05, 4.69) is 5.32 Å². The SMILES string of the molecule is O=S(=O)(NCC1NCCc2ccccc21)c1c(F)c(F)cc(F)c1F. The monoisotopic (exact) mass is 374 g/mol. The Morgan fingerprint density at radius 3 is 2.40 bits per heavy atom. The lowest BCUT2D eigenvalue weighted by Crippen LogP contribution is -2.39. The lowest BCUT2D eigenvalue weighted by Gasteiger charge is -2.27. The van der Waals surface area contributed by atoms with Crippen LogP contribution in [0, 0.1) is 23.3 Å². The first kappa shape index (κ1) is 17.8. The Hall–Kier alpha value is -1.97. The number of benzene rings is 2. The summed E-state index contributed by atoms with van der Waals surface area (Å²) in [5.74, 6) is -7.47. The molecule has 9 heteroatoms. The largest absolute Gasteiger partial charge is 0.308 e. The highest BCUT2D eigenvalue weighted by molar-refractivity contribution is 7.89. The minimum Gasteiger partial charge on any atom is -0.308 e. The lowest BCUT2D eigenvalue weighted by atomic mass is 9.95. The molecule has 2 N–H and O–H groups in total. The molecule has 4 nitrogen and oxygen atoms in total. The summed E-state index contributed by atoms with van der Waals surface area (Å²) in [6.07, 6.45) is 0.762. The van der Waals surface area contributed by atoms with Crippen LogP contribution in [-0.2, 0) is 16.4 Å². The zero-order valence-corrected chi connectivity index (χ0v) is 13.6. The third-order valence-electron chi connectivity index (χ3n) is 4.03. The molecule has 0 aromatic heterocycles. The predicted molar refractivity (Wildman–Crippen MR) is 82.4 cm³/mol. The van der Waals surface area contributed by atoms with Gasteiger partial charge in [-0.05, 0) is 24.1 Å². The Balaban J connectivity index is 1.87. The first-order chi connectivity index (χ1) is 11.8. The minimum atomic E-state index is -4.79. The molecule has 2 aromatic rings. The summed E-state index contributed by atoms with van der Waals surface area (Å²) >= 11 is 0. The van der Waals surface area contributed by atoms with Crippen molar-refractivity contribution < 1.29 is 26.0 Å². The highest BCUT2D eigenvalue weighted by Gasteiger charge is 2.30. The fourth-order valence-electron chi connectivity index (χ4n) is 2.83. The number of hydrogen-bond donors (Lipinski definition) is 2. The average molecular weight is 374 g/mol.